The van der Waals surface area contributed by atoms with Gasteiger partial charge in [0.25, 0.3) is 5.91 Å². The average Bonchev–Trinajstić information content (AvgIpc) is 2.73. The Labute approximate surface area is 179 Å². The number of aliphatic hydroxyl groups is 1. The molecular formula is C23H24ClNO5. The predicted molar refractivity (Wildman–Crippen MR) is 116 cm³/mol. The Bertz CT molecular complexity index is 1080. The molecule has 3 aromatic rings. The third kappa shape index (κ3) is 5.20. The minimum atomic E-state index is -0.867. The molecule has 0 bridgehead atoms. The van der Waals surface area contributed by atoms with Gasteiger partial charge in [0.2, 0.25) is 0 Å². The number of hydrogen-bond donors (Lipinski definition) is 2. The Morgan fingerprint density at radius 1 is 1.23 bits per heavy atom. The number of aliphatic hydroxyl groups excluding tert-OH is 1. The van der Waals surface area contributed by atoms with Crippen LogP contribution in [0, 0.1) is 0 Å². The molecule has 0 saturated heterocycles. The van der Waals surface area contributed by atoms with E-state index in [1.807, 2.05) is 25.1 Å². The molecule has 0 aliphatic heterocycles. The van der Waals surface area contributed by atoms with Gasteiger partial charge in [-0.2, -0.15) is 0 Å². The van der Waals surface area contributed by atoms with Crippen LogP contribution in [-0.2, 0) is 11.2 Å². The molecule has 0 saturated carbocycles. The molecule has 1 amide bonds. The molecule has 0 radical (unpaired) electrons. The molecule has 7 heteroatoms. The number of ether oxygens (including phenoxy) is 1. The van der Waals surface area contributed by atoms with Gasteiger partial charge in [0.1, 0.15) is 11.3 Å². The maximum absolute atomic E-state index is 12.4. The van der Waals surface area contributed by atoms with E-state index in [0.717, 1.165) is 23.8 Å². The van der Waals surface area contributed by atoms with Crippen molar-refractivity contribution in [3.05, 3.63) is 75.1 Å². The second-order valence-corrected chi connectivity index (χ2v) is 7.46. The SMILES string of the molecule is CCCc1cc(=O)oc2cc(O[C@H](C)C(=O)NC[C@@H](O)c3ccccc3)c(Cl)cc12. The van der Waals surface area contributed by atoms with Gasteiger partial charge >= 0.3 is 5.63 Å². The summed E-state index contributed by atoms with van der Waals surface area (Å²) in [5, 5.41) is 13.9. The zero-order valence-electron chi connectivity index (χ0n) is 16.9. The predicted octanol–water partition coefficient (Wildman–Crippen LogP) is 4.02. The number of aryl methyl sites for hydroxylation is 1. The monoisotopic (exact) mass is 429 g/mol. The van der Waals surface area contributed by atoms with E-state index in [2.05, 4.69) is 5.32 Å². The van der Waals surface area contributed by atoms with Crippen molar-refractivity contribution in [2.45, 2.75) is 38.9 Å². The first kappa shape index (κ1) is 21.9. The van der Waals surface area contributed by atoms with Crippen molar-refractivity contribution < 1.29 is 19.1 Å². The smallest absolute Gasteiger partial charge is 0.336 e. The highest BCUT2D eigenvalue weighted by molar-refractivity contribution is 6.32. The van der Waals surface area contributed by atoms with Crippen LogP contribution in [0.1, 0.15) is 37.5 Å². The van der Waals surface area contributed by atoms with E-state index in [-0.39, 0.29) is 12.3 Å². The van der Waals surface area contributed by atoms with E-state index in [1.165, 1.54) is 12.1 Å². The van der Waals surface area contributed by atoms with Gasteiger partial charge in [0.15, 0.2) is 6.10 Å². The average molecular weight is 430 g/mol. The molecule has 0 unspecified atom stereocenters. The van der Waals surface area contributed by atoms with E-state index in [9.17, 15) is 14.7 Å². The summed E-state index contributed by atoms with van der Waals surface area (Å²) in [5.74, 6) is -0.158. The summed E-state index contributed by atoms with van der Waals surface area (Å²) < 4.78 is 11.0. The summed E-state index contributed by atoms with van der Waals surface area (Å²) in [6.07, 6.45) is -0.0897. The van der Waals surface area contributed by atoms with E-state index in [4.69, 9.17) is 20.8 Å². The fourth-order valence-corrected chi connectivity index (χ4v) is 3.38. The van der Waals surface area contributed by atoms with E-state index >= 15 is 0 Å². The Kier molecular flexibility index (Phi) is 7.13. The standard InChI is InChI=1S/C23H24ClNO5/c1-3-7-16-10-22(27)30-20-12-21(18(24)11-17(16)20)29-14(2)23(28)25-13-19(26)15-8-5-4-6-9-15/h4-6,8-12,14,19,26H,3,7,13H2,1-2H3,(H,25,28)/t14-,19-/m1/s1. The number of rotatable bonds is 8. The molecule has 0 spiro atoms. The zero-order valence-corrected chi connectivity index (χ0v) is 17.6. The van der Waals surface area contributed by atoms with E-state index in [1.54, 1.807) is 25.1 Å². The first-order valence-electron chi connectivity index (χ1n) is 9.82. The molecule has 30 heavy (non-hydrogen) atoms. The molecule has 0 aliphatic carbocycles. The molecule has 2 atom stereocenters. The van der Waals surface area contributed by atoms with Crippen molar-refractivity contribution in [1.29, 1.82) is 0 Å². The lowest BCUT2D eigenvalue weighted by Crippen LogP contribution is -2.38. The van der Waals surface area contributed by atoms with Crippen LogP contribution in [0.5, 0.6) is 5.75 Å². The largest absolute Gasteiger partial charge is 0.479 e. The molecular weight excluding hydrogens is 406 g/mol. The van der Waals surface area contributed by atoms with Crippen LogP contribution in [0.15, 0.2) is 57.7 Å². The number of carbonyl (C=O) groups is 1. The number of halogens is 1. The van der Waals surface area contributed by atoms with Crippen LogP contribution in [0.4, 0.5) is 0 Å². The van der Waals surface area contributed by atoms with Crippen LogP contribution < -0.4 is 15.7 Å². The molecule has 0 fully saturated rings. The molecule has 1 aromatic heterocycles. The van der Waals surface area contributed by atoms with Gasteiger partial charge in [-0.1, -0.05) is 55.3 Å². The van der Waals surface area contributed by atoms with Gasteiger partial charge < -0.3 is 19.6 Å². The van der Waals surface area contributed by atoms with Crippen LogP contribution in [-0.4, -0.2) is 23.7 Å². The first-order valence-corrected chi connectivity index (χ1v) is 10.2. The highest BCUT2D eigenvalue weighted by Crippen LogP contribution is 2.32. The quantitative estimate of drug-likeness (QED) is 0.528. The summed E-state index contributed by atoms with van der Waals surface area (Å²) in [5.41, 5.74) is 1.48. The van der Waals surface area contributed by atoms with Gasteiger partial charge in [0.05, 0.1) is 11.1 Å². The lowest BCUT2D eigenvalue weighted by Gasteiger charge is -2.18. The Balaban J connectivity index is 1.71. The lowest BCUT2D eigenvalue weighted by molar-refractivity contribution is -0.127. The van der Waals surface area contributed by atoms with Crippen molar-refractivity contribution >= 4 is 28.5 Å². The maximum atomic E-state index is 12.4. The summed E-state index contributed by atoms with van der Waals surface area (Å²) in [6, 6.07) is 13.7. The van der Waals surface area contributed by atoms with Crippen LogP contribution >= 0.6 is 11.6 Å². The van der Waals surface area contributed by atoms with Crippen LogP contribution in [0.2, 0.25) is 5.02 Å². The van der Waals surface area contributed by atoms with Crippen molar-refractivity contribution in [3.63, 3.8) is 0 Å². The second-order valence-electron chi connectivity index (χ2n) is 7.05. The number of fused-ring (bicyclic) bond motifs is 1. The van der Waals surface area contributed by atoms with Crippen LogP contribution in [0.3, 0.4) is 0 Å². The zero-order chi connectivity index (χ0) is 21.7. The third-order valence-corrected chi connectivity index (χ3v) is 5.02. The van der Waals surface area contributed by atoms with E-state index < -0.39 is 23.7 Å². The van der Waals surface area contributed by atoms with Gasteiger partial charge in [0, 0.05) is 24.1 Å². The Hall–Kier alpha value is -2.83. The summed E-state index contributed by atoms with van der Waals surface area (Å²) in [6.45, 7) is 3.65. The third-order valence-electron chi connectivity index (χ3n) is 4.73. The number of amides is 1. The molecule has 2 N–H and O–H groups in total. The summed E-state index contributed by atoms with van der Waals surface area (Å²) in [4.78, 5) is 24.2. The molecule has 6 nitrogen and oxygen atoms in total. The first-order chi connectivity index (χ1) is 14.4. The Morgan fingerprint density at radius 3 is 2.67 bits per heavy atom. The van der Waals surface area contributed by atoms with Crippen LogP contribution in [0.25, 0.3) is 11.0 Å². The molecule has 0 aliphatic rings. The van der Waals surface area contributed by atoms with Crippen molar-refractivity contribution in [1.82, 2.24) is 5.32 Å². The topological polar surface area (TPSA) is 88.8 Å². The molecule has 2 aromatic carbocycles. The number of nitrogens with one attached hydrogen (secondary N) is 1. The highest BCUT2D eigenvalue weighted by Gasteiger charge is 2.19. The molecule has 3 rings (SSSR count). The van der Waals surface area contributed by atoms with E-state index in [0.29, 0.717) is 16.2 Å². The fraction of sp³-hybridized carbons (Fsp3) is 0.304. The van der Waals surface area contributed by atoms with Crippen molar-refractivity contribution in [2.24, 2.45) is 0 Å². The number of carbonyl (C=O) groups excluding carboxylic acids is 1. The van der Waals surface area contributed by atoms with Gasteiger partial charge in [-0.25, -0.2) is 4.79 Å². The van der Waals surface area contributed by atoms with Gasteiger partial charge in [-0.3, -0.25) is 4.79 Å². The minimum Gasteiger partial charge on any atom is -0.479 e. The summed E-state index contributed by atoms with van der Waals surface area (Å²) >= 11 is 6.35. The van der Waals surface area contributed by atoms with Gasteiger partial charge in [-0.05, 0) is 30.5 Å². The molecule has 158 valence electrons. The van der Waals surface area contributed by atoms with Crippen molar-refractivity contribution in [3.8, 4) is 5.75 Å². The minimum absolute atomic E-state index is 0.0528. The lowest BCUT2D eigenvalue weighted by atomic mass is 10.1. The summed E-state index contributed by atoms with van der Waals surface area (Å²) in [7, 11) is 0. The number of hydrogen-bond acceptors (Lipinski definition) is 5. The maximum Gasteiger partial charge on any atom is 0.336 e. The number of benzene rings is 2. The normalized spacial score (nSPS) is 13.1. The highest BCUT2D eigenvalue weighted by atomic mass is 35.5. The van der Waals surface area contributed by atoms with Crippen molar-refractivity contribution in [2.75, 3.05) is 6.54 Å². The fourth-order valence-electron chi connectivity index (χ4n) is 3.17. The van der Waals surface area contributed by atoms with Gasteiger partial charge in [-0.15, -0.1) is 0 Å². The molecule has 1 heterocycles. The Morgan fingerprint density at radius 2 is 1.97 bits per heavy atom. The second kappa shape index (κ2) is 9.78.